The van der Waals surface area contributed by atoms with E-state index in [2.05, 4.69) is 21.6 Å². The quantitative estimate of drug-likeness (QED) is 0.482. The molecule has 0 aliphatic carbocycles. The molecular weight excluding hydrogens is 372 g/mol. The van der Waals surface area contributed by atoms with Gasteiger partial charge in [-0.05, 0) is 55.3 Å². The SMILES string of the molecule is COc1ccc(-c2csc(C(C#N)=NNc3ccc(C)c(C)c3)n2)cc1OC. The number of thiazole rings is 1. The van der Waals surface area contributed by atoms with Crippen molar-refractivity contribution in [3.05, 3.63) is 57.9 Å². The van der Waals surface area contributed by atoms with E-state index in [4.69, 9.17) is 9.47 Å². The van der Waals surface area contributed by atoms with Gasteiger partial charge in [0.1, 0.15) is 6.07 Å². The number of anilines is 1. The van der Waals surface area contributed by atoms with Crippen molar-refractivity contribution in [1.29, 1.82) is 5.26 Å². The highest BCUT2D eigenvalue weighted by molar-refractivity contribution is 7.12. The summed E-state index contributed by atoms with van der Waals surface area (Å²) in [5, 5.41) is 16.2. The first-order valence-electron chi connectivity index (χ1n) is 8.55. The topological polar surface area (TPSA) is 79.5 Å². The summed E-state index contributed by atoms with van der Waals surface area (Å²) in [5.74, 6) is 1.28. The molecule has 3 aromatic rings. The Balaban J connectivity index is 1.85. The fourth-order valence-corrected chi connectivity index (χ4v) is 3.33. The van der Waals surface area contributed by atoms with Crippen molar-refractivity contribution < 1.29 is 9.47 Å². The molecule has 2 aromatic carbocycles. The minimum absolute atomic E-state index is 0.231. The molecule has 7 heteroatoms. The molecule has 0 spiro atoms. The zero-order valence-corrected chi connectivity index (χ0v) is 16.9. The van der Waals surface area contributed by atoms with Crippen molar-refractivity contribution in [1.82, 2.24) is 4.98 Å². The van der Waals surface area contributed by atoms with E-state index in [0.717, 1.165) is 22.5 Å². The molecule has 0 saturated carbocycles. The molecule has 1 aromatic heterocycles. The molecule has 0 fully saturated rings. The lowest BCUT2D eigenvalue weighted by atomic mass is 10.1. The molecule has 3 rings (SSSR count). The van der Waals surface area contributed by atoms with Crippen molar-refractivity contribution in [2.45, 2.75) is 13.8 Å². The van der Waals surface area contributed by atoms with E-state index in [1.54, 1.807) is 14.2 Å². The van der Waals surface area contributed by atoms with Crippen LogP contribution < -0.4 is 14.9 Å². The summed E-state index contributed by atoms with van der Waals surface area (Å²) in [7, 11) is 3.18. The second kappa shape index (κ2) is 8.55. The molecule has 0 amide bonds. The Kier molecular flexibility index (Phi) is 5.92. The number of ether oxygens (including phenoxy) is 2. The van der Waals surface area contributed by atoms with E-state index >= 15 is 0 Å². The summed E-state index contributed by atoms with van der Waals surface area (Å²) in [4.78, 5) is 4.56. The number of nitrogens with one attached hydrogen (secondary N) is 1. The lowest BCUT2D eigenvalue weighted by Crippen LogP contribution is -2.01. The number of hydrogen-bond acceptors (Lipinski definition) is 7. The first-order chi connectivity index (χ1) is 13.5. The van der Waals surface area contributed by atoms with Crippen LogP contribution in [-0.4, -0.2) is 24.9 Å². The van der Waals surface area contributed by atoms with Gasteiger partial charge in [-0.2, -0.15) is 10.4 Å². The van der Waals surface area contributed by atoms with Crippen molar-refractivity contribution in [2.75, 3.05) is 19.6 Å². The van der Waals surface area contributed by atoms with Gasteiger partial charge in [0.25, 0.3) is 0 Å². The first kappa shape index (κ1) is 19.4. The van der Waals surface area contributed by atoms with Gasteiger partial charge in [0.15, 0.2) is 22.2 Å². The summed E-state index contributed by atoms with van der Waals surface area (Å²) in [6.07, 6.45) is 0. The maximum Gasteiger partial charge on any atom is 0.196 e. The number of hydrogen-bond donors (Lipinski definition) is 1. The molecular formula is C21H20N4O2S. The van der Waals surface area contributed by atoms with Crippen LogP contribution in [0.15, 0.2) is 46.9 Å². The van der Waals surface area contributed by atoms with Crippen LogP contribution in [0.1, 0.15) is 16.1 Å². The second-order valence-electron chi connectivity index (χ2n) is 6.09. The van der Waals surface area contributed by atoms with E-state index in [-0.39, 0.29) is 5.71 Å². The molecule has 0 unspecified atom stereocenters. The van der Waals surface area contributed by atoms with Gasteiger partial charge >= 0.3 is 0 Å². The predicted octanol–water partition coefficient (Wildman–Crippen LogP) is 4.78. The van der Waals surface area contributed by atoms with Gasteiger partial charge in [0.2, 0.25) is 0 Å². The minimum atomic E-state index is 0.231. The monoisotopic (exact) mass is 392 g/mol. The van der Waals surface area contributed by atoms with Crippen molar-refractivity contribution in [2.24, 2.45) is 5.10 Å². The third-order valence-corrected chi connectivity index (χ3v) is 5.14. The molecule has 0 aliphatic rings. The Hall–Kier alpha value is -3.37. The summed E-state index contributed by atoms with van der Waals surface area (Å²) in [6.45, 7) is 4.08. The van der Waals surface area contributed by atoms with E-state index in [9.17, 15) is 5.26 Å². The van der Waals surface area contributed by atoms with Gasteiger partial charge in [-0.25, -0.2) is 4.98 Å². The van der Waals surface area contributed by atoms with Crippen molar-refractivity contribution in [3.63, 3.8) is 0 Å². The Morgan fingerprint density at radius 1 is 1.07 bits per heavy atom. The molecule has 0 atom stereocenters. The molecule has 28 heavy (non-hydrogen) atoms. The van der Waals surface area contributed by atoms with Crippen LogP contribution in [-0.2, 0) is 0 Å². The van der Waals surface area contributed by atoms with E-state index in [1.807, 2.05) is 55.6 Å². The van der Waals surface area contributed by atoms with Crippen LogP contribution in [0, 0.1) is 25.2 Å². The number of benzene rings is 2. The molecule has 142 valence electrons. The molecule has 0 radical (unpaired) electrons. The standard InChI is InChI=1S/C21H20N4O2S/c1-13-5-7-16(9-14(13)2)24-25-17(11-22)21-23-18(12-28-21)15-6-8-19(26-3)20(10-15)27-4/h5-10,12,24H,1-4H3. The Morgan fingerprint density at radius 2 is 1.86 bits per heavy atom. The molecule has 0 aliphatic heterocycles. The van der Waals surface area contributed by atoms with Crippen LogP contribution in [0.25, 0.3) is 11.3 Å². The molecule has 0 bridgehead atoms. The van der Waals surface area contributed by atoms with Crippen LogP contribution in [0.4, 0.5) is 5.69 Å². The van der Waals surface area contributed by atoms with Gasteiger partial charge in [0, 0.05) is 10.9 Å². The normalized spacial score (nSPS) is 11.0. The summed E-state index contributed by atoms with van der Waals surface area (Å²) < 4.78 is 10.6. The minimum Gasteiger partial charge on any atom is -0.493 e. The third-order valence-electron chi connectivity index (χ3n) is 4.30. The summed E-state index contributed by atoms with van der Waals surface area (Å²) >= 11 is 1.36. The van der Waals surface area contributed by atoms with Crippen molar-refractivity contribution >= 4 is 22.7 Å². The molecule has 1 heterocycles. The number of rotatable bonds is 6. The number of hydrazone groups is 1. The Labute approximate surface area is 168 Å². The average molecular weight is 392 g/mol. The second-order valence-corrected chi connectivity index (χ2v) is 6.95. The zero-order valence-electron chi connectivity index (χ0n) is 16.1. The van der Waals surface area contributed by atoms with E-state index < -0.39 is 0 Å². The number of methoxy groups -OCH3 is 2. The van der Waals surface area contributed by atoms with Gasteiger partial charge in [-0.15, -0.1) is 11.3 Å². The highest BCUT2D eigenvalue weighted by atomic mass is 32.1. The number of aromatic nitrogens is 1. The molecule has 1 N–H and O–H groups in total. The highest BCUT2D eigenvalue weighted by Gasteiger charge is 2.13. The zero-order chi connectivity index (χ0) is 20.1. The van der Waals surface area contributed by atoms with Gasteiger partial charge < -0.3 is 9.47 Å². The first-order valence-corrected chi connectivity index (χ1v) is 9.43. The summed E-state index contributed by atoms with van der Waals surface area (Å²) in [5.41, 5.74) is 7.98. The predicted molar refractivity (Wildman–Crippen MR) is 112 cm³/mol. The maximum absolute atomic E-state index is 9.50. The van der Waals surface area contributed by atoms with Crippen LogP contribution >= 0.6 is 11.3 Å². The largest absolute Gasteiger partial charge is 0.493 e. The van der Waals surface area contributed by atoms with Crippen LogP contribution in [0.2, 0.25) is 0 Å². The number of nitrogens with zero attached hydrogens (tertiary/aromatic N) is 3. The summed E-state index contributed by atoms with van der Waals surface area (Å²) in [6, 6.07) is 13.6. The number of nitriles is 1. The van der Waals surface area contributed by atoms with Crippen LogP contribution in [0.3, 0.4) is 0 Å². The van der Waals surface area contributed by atoms with Gasteiger partial charge in [-0.3, -0.25) is 5.43 Å². The lowest BCUT2D eigenvalue weighted by molar-refractivity contribution is 0.355. The van der Waals surface area contributed by atoms with E-state index in [0.29, 0.717) is 16.5 Å². The Bertz CT molecular complexity index is 1070. The van der Waals surface area contributed by atoms with Gasteiger partial charge in [0.05, 0.1) is 25.6 Å². The molecule has 0 saturated heterocycles. The fraction of sp³-hybridized carbons (Fsp3) is 0.190. The average Bonchev–Trinajstić information content (AvgIpc) is 3.20. The lowest BCUT2D eigenvalue weighted by Gasteiger charge is -2.08. The molecule has 6 nitrogen and oxygen atoms in total. The van der Waals surface area contributed by atoms with Crippen LogP contribution in [0.5, 0.6) is 11.5 Å². The highest BCUT2D eigenvalue weighted by Crippen LogP contribution is 2.32. The number of aryl methyl sites for hydroxylation is 2. The Morgan fingerprint density at radius 3 is 2.54 bits per heavy atom. The van der Waals surface area contributed by atoms with Crippen molar-refractivity contribution in [3.8, 4) is 28.8 Å². The van der Waals surface area contributed by atoms with Gasteiger partial charge in [-0.1, -0.05) is 6.07 Å². The maximum atomic E-state index is 9.50. The van der Waals surface area contributed by atoms with E-state index in [1.165, 1.54) is 16.9 Å². The fourth-order valence-electron chi connectivity index (χ4n) is 2.56. The smallest absolute Gasteiger partial charge is 0.196 e. The third kappa shape index (κ3) is 4.13.